The number of ether oxygens (including phenoxy) is 1. The molecule has 1 aromatic rings. The summed E-state index contributed by atoms with van der Waals surface area (Å²) in [5.74, 6) is 1.62. The predicted molar refractivity (Wildman–Crippen MR) is 90.8 cm³/mol. The van der Waals surface area contributed by atoms with E-state index in [0.29, 0.717) is 0 Å². The van der Waals surface area contributed by atoms with Crippen LogP contribution in [-0.2, 0) is 17.6 Å². The van der Waals surface area contributed by atoms with Gasteiger partial charge in [0.25, 0.3) is 0 Å². The van der Waals surface area contributed by atoms with Crippen LogP contribution in [0.15, 0.2) is 0 Å². The Balaban J connectivity index is 1.54. The smallest absolute Gasteiger partial charge is 0.245 e. The molecule has 0 N–H and O–H groups in total. The van der Waals surface area contributed by atoms with Gasteiger partial charge in [0, 0.05) is 45.9 Å². The molecule has 2 aliphatic rings. The molecule has 6 heteroatoms. The Morgan fingerprint density at radius 2 is 1.65 bits per heavy atom. The van der Waals surface area contributed by atoms with Gasteiger partial charge < -0.3 is 9.64 Å². The standard InChI is InChI=1S/C17H29N5O/c1-3-15-16(4-2)19-20-17(18-15)22-9-7-21(8-10-22)13-14-5-11-23-12-6-14/h14H,3-13H2,1-2H3. The fourth-order valence-corrected chi connectivity index (χ4v) is 3.49. The molecule has 3 rings (SSSR count). The van der Waals surface area contributed by atoms with Gasteiger partial charge in [-0.3, -0.25) is 4.90 Å². The zero-order valence-corrected chi connectivity index (χ0v) is 14.5. The molecule has 0 unspecified atom stereocenters. The lowest BCUT2D eigenvalue weighted by atomic mass is 9.99. The lowest BCUT2D eigenvalue weighted by molar-refractivity contribution is 0.0517. The van der Waals surface area contributed by atoms with Crippen LogP contribution in [0.3, 0.4) is 0 Å². The van der Waals surface area contributed by atoms with Crippen molar-refractivity contribution in [3.63, 3.8) is 0 Å². The first-order valence-electron chi connectivity index (χ1n) is 9.07. The second kappa shape index (κ2) is 8.02. The predicted octanol–water partition coefficient (Wildman–Crippen LogP) is 1.54. The van der Waals surface area contributed by atoms with Crippen molar-refractivity contribution in [1.29, 1.82) is 0 Å². The summed E-state index contributed by atoms with van der Waals surface area (Å²) in [5.41, 5.74) is 2.14. The van der Waals surface area contributed by atoms with Crippen molar-refractivity contribution < 1.29 is 4.74 Å². The van der Waals surface area contributed by atoms with E-state index in [0.717, 1.165) is 75.5 Å². The molecule has 128 valence electrons. The zero-order valence-electron chi connectivity index (χ0n) is 14.5. The van der Waals surface area contributed by atoms with Gasteiger partial charge >= 0.3 is 0 Å². The van der Waals surface area contributed by atoms with Gasteiger partial charge in [0.05, 0.1) is 11.4 Å². The highest BCUT2D eigenvalue weighted by atomic mass is 16.5. The van der Waals surface area contributed by atoms with Gasteiger partial charge in [-0.2, -0.15) is 5.10 Å². The third kappa shape index (κ3) is 4.18. The number of hydrogen-bond donors (Lipinski definition) is 0. The van der Waals surface area contributed by atoms with Crippen LogP contribution in [0.25, 0.3) is 0 Å². The summed E-state index contributed by atoms with van der Waals surface area (Å²) in [6.07, 6.45) is 4.26. The Labute approximate surface area is 139 Å². The largest absolute Gasteiger partial charge is 0.381 e. The van der Waals surface area contributed by atoms with E-state index in [9.17, 15) is 0 Å². The van der Waals surface area contributed by atoms with Crippen LogP contribution in [0.4, 0.5) is 5.95 Å². The molecule has 0 spiro atoms. The molecule has 23 heavy (non-hydrogen) atoms. The summed E-state index contributed by atoms with van der Waals surface area (Å²) >= 11 is 0. The Bertz CT molecular complexity index is 496. The summed E-state index contributed by atoms with van der Waals surface area (Å²) in [4.78, 5) is 9.61. The highest BCUT2D eigenvalue weighted by Gasteiger charge is 2.23. The first kappa shape index (κ1) is 16.6. The highest BCUT2D eigenvalue weighted by molar-refractivity contribution is 5.31. The Morgan fingerprint density at radius 1 is 0.957 bits per heavy atom. The van der Waals surface area contributed by atoms with E-state index in [-0.39, 0.29) is 0 Å². The molecular weight excluding hydrogens is 290 g/mol. The number of aromatic nitrogens is 3. The monoisotopic (exact) mass is 319 g/mol. The Morgan fingerprint density at radius 3 is 2.30 bits per heavy atom. The number of hydrogen-bond acceptors (Lipinski definition) is 6. The molecule has 0 aliphatic carbocycles. The van der Waals surface area contributed by atoms with Crippen LogP contribution in [0.1, 0.15) is 38.1 Å². The molecule has 0 bridgehead atoms. The Kier molecular flexibility index (Phi) is 5.78. The van der Waals surface area contributed by atoms with Crippen molar-refractivity contribution in [1.82, 2.24) is 20.1 Å². The van der Waals surface area contributed by atoms with Gasteiger partial charge in [-0.15, -0.1) is 5.10 Å². The van der Waals surface area contributed by atoms with E-state index < -0.39 is 0 Å². The third-order valence-electron chi connectivity index (χ3n) is 5.01. The molecule has 0 saturated carbocycles. The molecule has 1 aromatic heterocycles. The molecule has 2 fully saturated rings. The summed E-state index contributed by atoms with van der Waals surface area (Å²) < 4.78 is 5.45. The fourth-order valence-electron chi connectivity index (χ4n) is 3.49. The van der Waals surface area contributed by atoms with Crippen molar-refractivity contribution in [2.45, 2.75) is 39.5 Å². The van der Waals surface area contributed by atoms with Gasteiger partial charge in [-0.25, -0.2) is 4.98 Å². The van der Waals surface area contributed by atoms with Crippen molar-refractivity contribution in [3.8, 4) is 0 Å². The normalized spacial score (nSPS) is 20.9. The van der Waals surface area contributed by atoms with Crippen LogP contribution in [-0.4, -0.2) is 66.0 Å². The first-order valence-corrected chi connectivity index (χ1v) is 9.07. The maximum atomic E-state index is 5.45. The number of aryl methyl sites for hydroxylation is 2. The molecule has 3 heterocycles. The molecule has 2 saturated heterocycles. The van der Waals surface area contributed by atoms with Crippen LogP contribution in [0.2, 0.25) is 0 Å². The van der Waals surface area contributed by atoms with E-state index in [4.69, 9.17) is 9.72 Å². The minimum atomic E-state index is 0.809. The minimum Gasteiger partial charge on any atom is -0.381 e. The van der Waals surface area contributed by atoms with Gasteiger partial charge in [0.15, 0.2) is 0 Å². The van der Waals surface area contributed by atoms with Crippen molar-refractivity contribution in [2.24, 2.45) is 5.92 Å². The lowest BCUT2D eigenvalue weighted by Crippen LogP contribution is -2.48. The number of nitrogens with zero attached hydrogens (tertiary/aromatic N) is 5. The third-order valence-corrected chi connectivity index (χ3v) is 5.01. The minimum absolute atomic E-state index is 0.809. The van der Waals surface area contributed by atoms with Crippen molar-refractivity contribution >= 4 is 5.95 Å². The highest BCUT2D eigenvalue weighted by Crippen LogP contribution is 2.18. The summed E-state index contributed by atoms with van der Waals surface area (Å²) in [6.45, 7) is 11.5. The SMILES string of the molecule is CCc1nnc(N2CCN(CC3CCOCC3)CC2)nc1CC. The quantitative estimate of drug-likeness (QED) is 0.821. The molecule has 6 nitrogen and oxygen atoms in total. The van der Waals surface area contributed by atoms with Crippen molar-refractivity contribution in [2.75, 3.05) is 50.8 Å². The number of rotatable bonds is 5. The van der Waals surface area contributed by atoms with Gasteiger partial charge in [-0.1, -0.05) is 13.8 Å². The molecular formula is C17H29N5O. The fraction of sp³-hybridized carbons (Fsp3) is 0.824. The van der Waals surface area contributed by atoms with E-state index in [1.807, 2.05) is 0 Å². The van der Waals surface area contributed by atoms with Crippen molar-refractivity contribution in [3.05, 3.63) is 11.4 Å². The van der Waals surface area contributed by atoms with Gasteiger partial charge in [0.1, 0.15) is 0 Å². The van der Waals surface area contributed by atoms with Crippen LogP contribution in [0.5, 0.6) is 0 Å². The van der Waals surface area contributed by atoms with Crippen LogP contribution >= 0.6 is 0 Å². The Hall–Kier alpha value is -1.27. The number of anilines is 1. The zero-order chi connectivity index (χ0) is 16.1. The molecule has 0 atom stereocenters. The maximum absolute atomic E-state index is 5.45. The molecule has 0 amide bonds. The van der Waals surface area contributed by atoms with E-state index in [1.54, 1.807) is 0 Å². The second-order valence-corrected chi connectivity index (χ2v) is 6.56. The lowest BCUT2D eigenvalue weighted by Gasteiger charge is -2.37. The summed E-state index contributed by atoms with van der Waals surface area (Å²) in [5, 5.41) is 8.73. The maximum Gasteiger partial charge on any atom is 0.245 e. The average Bonchev–Trinajstić information content (AvgIpc) is 2.62. The first-order chi connectivity index (χ1) is 11.3. The van der Waals surface area contributed by atoms with E-state index >= 15 is 0 Å². The number of piperazine rings is 1. The van der Waals surface area contributed by atoms with Crippen LogP contribution < -0.4 is 4.90 Å². The topological polar surface area (TPSA) is 54.4 Å². The van der Waals surface area contributed by atoms with E-state index in [2.05, 4.69) is 33.8 Å². The van der Waals surface area contributed by atoms with Crippen LogP contribution in [0, 0.1) is 5.92 Å². The summed E-state index contributed by atoms with van der Waals surface area (Å²) in [6, 6.07) is 0. The summed E-state index contributed by atoms with van der Waals surface area (Å²) in [7, 11) is 0. The van der Waals surface area contributed by atoms with Gasteiger partial charge in [0.2, 0.25) is 5.95 Å². The molecule has 0 radical (unpaired) electrons. The second-order valence-electron chi connectivity index (χ2n) is 6.56. The average molecular weight is 319 g/mol. The molecule has 0 aromatic carbocycles. The van der Waals surface area contributed by atoms with E-state index in [1.165, 1.54) is 19.4 Å². The molecule has 2 aliphatic heterocycles. The van der Waals surface area contributed by atoms with Gasteiger partial charge in [-0.05, 0) is 31.6 Å².